The molecule has 0 spiro atoms. The lowest BCUT2D eigenvalue weighted by Gasteiger charge is -2.22. The van der Waals surface area contributed by atoms with Crippen LogP contribution in [-0.2, 0) is 9.59 Å². The van der Waals surface area contributed by atoms with Crippen molar-refractivity contribution in [2.24, 2.45) is 0 Å². The maximum Gasteiger partial charge on any atom is 0.301 e. The van der Waals surface area contributed by atoms with Crippen molar-refractivity contribution in [2.45, 2.75) is 19.9 Å². The van der Waals surface area contributed by atoms with E-state index in [2.05, 4.69) is 5.16 Å². The van der Waals surface area contributed by atoms with Gasteiger partial charge in [0.25, 0.3) is 5.78 Å². The maximum atomic E-state index is 13.0. The highest BCUT2D eigenvalue weighted by atomic mass is 35.5. The summed E-state index contributed by atoms with van der Waals surface area (Å²) in [6, 6.07) is 14.0. The summed E-state index contributed by atoms with van der Waals surface area (Å²) in [6.45, 7) is 4.06. The molecule has 1 aliphatic heterocycles. The van der Waals surface area contributed by atoms with Crippen LogP contribution in [0.1, 0.15) is 29.9 Å². The number of Topliss-reactive ketones (excluding diaryl/α,β-unsaturated/α-hetero) is 1. The van der Waals surface area contributed by atoms with E-state index in [4.69, 9.17) is 20.9 Å². The third kappa shape index (κ3) is 3.80. The first-order valence-corrected chi connectivity index (χ1v) is 10.0. The monoisotopic (exact) mass is 438 g/mol. The average Bonchev–Trinajstić information content (AvgIpc) is 3.30. The van der Waals surface area contributed by atoms with E-state index in [9.17, 15) is 14.7 Å². The van der Waals surface area contributed by atoms with Crippen molar-refractivity contribution in [3.8, 4) is 5.75 Å². The predicted octanol–water partition coefficient (Wildman–Crippen LogP) is 4.66. The summed E-state index contributed by atoms with van der Waals surface area (Å²) >= 11 is 6.02. The normalized spacial score (nSPS) is 17.9. The number of aryl methyl sites for hydroxylation is 1. The standard InChI is InChI=1S/C23H19ClN2O5/c1-3-30-17-10-6-15(7-11-17)21(27)19-20(14-4-8-16(24)9-5-14)26(23(29)22(19)28)18-12-13(2)31-25-18/h4-12,20,27H,3H2,1-2H3. The second-order valence-corrected chi connectivity index (χ2v) is 7.41. The number of ketones is 1. The number of rotatable bonds is 5. The number of nitrogens with zero attached hydrogens (tertiary/aromatic N) is 2. The van der Waals surface area contributed by atoms with Gasteiger partial charge in [-0.3, -0.25) is 14.5 Å². The molecule has 0 saturated carbocycles. The van der Waals surface area contributed by atoms with Gasteiger partial charge >= 0.3 is 5.91 Å². The first-order valence-electron chi connectivity index (χ1n) is 9.63. The molecule has 2 aromatic carbocycles. The minimum Gasteiger partial charge on any atom is -0.507 e. The van der Waals surface area contributed by atoms with Gasteiger partial charge in [-0.05, 0) is 55.8 Å². The average molecular weight is 439 g/mol. The fourth-order valence-electron chi connectivity index (χ4n) is 3.53. The Kier molecular flexibility index (Phi) is 5.52. The van der Waals surface area contributed by atoms with Crippen molar-refractivity contribution in [3.63, 3.8) is 0 Å². The fourth-order valence-corrected chi connectivity index (χ4v) is 3.65. The van der Waals surface area contributed by atoms with Gasteiger partial charge < -0.3 is 14.4 Å². The van der Waals surface area contributed by atoms with Crippen LogP contribution in [0.15, 0.2) is 64.7 Å². The largest absolute Gasteiger partial charge is 0.507 e. The topological polar surface area (TPSA) is 92.9 Å². The zero-order valence-corrected chi connectivity index (χ0v) is 17.6. The van der Waals surface area contributed by atoms with E-state index < -0.39 is 17.7 Å². The van der Waals surface area contributed by atoms with Crippen LogP contribution in [0.25, 0.3) is 5.76 Å². The number of carbonyl (C=O) groups excluding carboxylic acids is 2. The highest BCUT2D eigenvalue weighted by molar-refractivity contribution is 6.51. The highest BCUT2D eigenvalue weighted by Gasteiger charge is 2.48. The molecular weight excluding hydrogens is 420 g/mol. The van der Waals surface area contributed by atoms with Crippen molar-refractivity contribution in [3.05, 3.63) is 82.1 Å². The van der Waals surface area contributed by atoms with Crippen LogP contribution >= 0.6 is 11.6 Å². The summed E-state index contributed by atoms with van der Waals surface area (Å²) in [7, 11) is 0. The van der Waals surface area contributed by atoms with Gasteiger partial charge in [0, 0.05) is 16.7 Å². The highest BCUT2D eigenvalue weighted by Crippen LogP contribution is 2.42. The smallest absolute Gasteiger partial charge is 0.301 e. The number of amides is 1. The molecule has 0 bridgehead atoms. The Morgan fingerprint density at radius 1 is 1.16 bits per heavy atom. The lowest BCUT2D eigenvalue weighted by molar-refractivity contribution is -0.132. The van der Waals surface area contributed by atoms with Crippen molar-refractivity contribution < 1.29 is 24.0 Å². The Morgan fingerprint density at radius 2 is 1.84 bits per heavy atom. The Bertz CT molecular complexity index is 1170. The summed E-state index contributed by atoms with van der Waals surface area (Å²) in [6.07, 6.45) is 0. The molecule has 3 aromatic rings. The number of hydrogen-bond donors (Lipinski definition) is 1. The Labute approximate surface area is 183 Å². The van der Waals surface area contributed by atoms with Gasteiger partial charge in [-0.25, -0.2) is 0 Å². The fraction of sp³-hybridized carbons (Fsp3) is 0.174. The zero-order chi connectivity index (χ0) is 22.1. The second kappa shape index (κ2) is 8.28. The molecule has 158 valence electrons. The number of aliphatic hydroxyl groups excluding tert-OH is 1. The van der Waals surface area contributed by atoms with E-state index in [1.165, 1.54) is 4.90 Å². The van der Waals surface area contributed by atoms with Gasteiger partial charge in [-0.2, -0.15) is 0 Å². The number of carbonyl (C=O) groups is 2. The number of benzene rings is 2. The second-order valence-electron chi connectivity index (χ2n) is 6.97. The van der Waals surface area contributed by atoms with Gasteiger partial charge in [0.05, 0.1) is 18.2 Å². The van der Waals surface area contributed by atoms with E-state index in [-0.39, 0.29) is 17.2 Å². The first-order chi connectivity index (χ1) is 14.9. The van der Waals surface area contributed by atoms with Gasteiger partial charge in [0.2, 0.25) is 0 Å². The maximum absolute atomic E-state index is 13.0. The predicted molar refractivity (Wildman–Crippen MR) is 115 cm³/mol. The number of ether oxygens (including phenoxy) is 1. The molecule has 7 nitrogen and oxygen atoms in total. The molecule has 0 radical (unpaired) electrons. The molecule has 1 aromatic heterocycles. The molecule has 1 N–H and O–H groups in total. The zero-order valence-electron chi connectivity index (χ0n) is 16.8. The summed E-state index contributed by atoms with van der Waals surface area (Å²) in [5.74, 6) is -0.604. The quantitative estimate of drug-likeness (QED) is 0.354. The van der Waals surface area contributed by atoms with Gasteiger partial charge in [0.15, 0.2) is 5.82 Å². The molecule has 1 fully saturated rings. The molecule has 1 amide bonds. The Morgan fingerprint density at radius 3 is 2.42 bits per heavy atom. The third-order valence-corrected chi connectivity index (χ3v) is 5.18. The molecule has 2 heterocycles. The lowest BCUT2D eigenvalue weighted by atomic mass is 9.95. The van der Waals surface area contributed by atoms with E-state index in [1.54, 1.807) is 61.5 Å². The molecule has 4 rings (SSSR count). The van der Waals surface area contributed by atoms with Crippen molar-refractivity contribution in [2.75, 3.05) is 11.5 Å². The van der Waals surface area contributed by atoms with Crippen LogP contribution in [-0.4, -0.2) is 28.6 Å². The summed E-state index contributed by atoms with van der Waals surface area (Å²) in [5.41, 5.74) is 0.936. The minimum absolute atomic E-state index is 0.0443. The number of anilines is 1. The van der Waals surface area contributed by atoms with Gasteiger partial charge in [0.1, 0.15) is 17.3 Å². The van der Waals surface area contributed by atoms with Crippen molar-refractivity contribution in [1.29, 1.82) is 0 Å². The molecule has 1 unspecified atom stereocenters. The number of aliphatic hydroxyl groups is 1. The van der Waals surface area contributed by atoms with Crippen molar-refractivity contribution >= 4 is 34.9 Å². The summed E-state index contributed by atoms with van der Waals surface area (Å²) in [5, 5.41) is 15.5. The molecule has 1 saturated heterocycles. The van der Waals surface area contributed by atoms with Crippen LogP contribution in [0.2, 0.25) is 5.02 Å². The van der Waals surface area contributed by atoms with Crippen LogP contribution in [0.4, 0.5) is 5.82 Å². The van der Waals surface area contributed by atoms with Crippen LogP contribution in [0.3, 0.4) is 0 Å². The number of aromatic nitrogens is 1. The first kappa shape index (κ1) is 20.7. The van der Waals surface area contributed by atoms with E-state index in [0.29, 0.717) is 34.3 Å². The van der Waals surface area contributed by atoms with Gasteiger partial charge in [-0.1, -0.05) is 28.9 Å². The molecule has 31 heavy (non-hydrogen) atoms. The van der Waals surface area contributed by atoms with E-state index in [1.807, 2.05) is 6.92 Å². The number of hydrogen-bond acceptors (Lipinski definition) is 6. The third-order valence-electron chi connectivity index (χ3n) is 4.93. The molecule has 0 aliphatic carbocycles. The Hall–Kier alpha value is -3.58. The lowest BCUT2D eigenvalue weighted by Crippen LogP contribution is -2.29. The van der Waals surface area contributed by atoms with E-state index in [0.717, 1.165) is 0 Å². The van der Waals surface area contributed by atoms with Crippen LogP contribution in [0, 0.1) is 6.92 Å². The molecule has 1 aliphatic rings. The minimum atomic E-state index is -0.895. The SMILES string of the molecule is CCOc1ccc(C(O)=C2C(=O)C(=O)N(c3cc(C)on3)C2c2ccc(Cl)cc2)cc1. The summed E-state index contributed by atoms with van der Waals surface area (Å²) in [4.78, 5) is 27.2. The molecular formula is C23H19ClN2O5. The molecule has 1 atom stereocenters. The van der Waals surface area contributed by atoms with Crippen molar-refractivity contribution in [1.82, 2.24) is 5.16 Å². The summed E-state index contributed by atoms with van der Waals surface area (Å²) < 4.78 is 10.5. The Balaban J connectivity index is 1.87. The molecule has 8 heteroatoms. The van der Waals surface area contributed by atoms with E-state index >= 15 is 0 Å². The number of halogens is 1. The van der Waals surface area contributed by atoms with Gasteiger partial charge in [-0.15, -0.1) is 0 Å². The van der Waals surface area contributed by atoms with Crippen LogP contribution in [0.5, 0.6) is 5.75 Å². The van der Waals surface area contributed by atoms with Crippen LogP contribution < -0.4 is 9.64 Å².